The minimum atomic E-state index is -1.03. The van der Waals surface area contributed by atoms with Crippen LogP contribution in [0.2, 0.25) is 0 Å². The van der Waals surface area contributed by atoms with Gasteiger partial charge in [-0.05, 0) is 18.9 Å². The topological polar surface area (TPSA) is 68.5 Å². The predicted octanol–water partition coefficient (Wildman–Crippen LogP) is 1.88. The van der Waals surface area contributed by atoms with Crippen LogP contribution < -0.4 is 5.56 Å². The van der Waals surface area contributed by atoms with E-state index in [0.717, 1.165) is 12.8 Å². The first-order valence-corrected chi connectivity index (χ1v) is 6.64. The Morgan fingerprint density at radius 3 is 2.75 bits per heavy atom. The maximum Gasteiger partial charge on any atom is 0.337 e. The molecule has 0 spiro atoms. The molecule has 2 aromatic rings. The molecular formula is C15H15NO4. The standard InChI is InChI=1S/C15H15NO4/c17-14-12-6-2-1-5-11(12)13(15(18)19)9-16(14)8-10-4-3-7-20-10/h1-2,5-6,9-10H,3-4,7-8H2,(H,18,19). The highest BCUT2D eigenvalue weighted by atomic mass is 16.5. The summed E-state index contributed by atoms with van der Waals surface area (Å²) in [6.45, 7) is 1.11. The summed E-state index contributed by atoms with van der Waals surface area (Å²) in [5.74, 6) is -1.03. The van der Waals surface area contributed by atoms with Crippen molar-refractivity contribution in [2.45, 2.75) is 25.5 Å². The van der Waals surface area contributed by atoms with Crippen molar-refractivity contribution in [2.24, 2.45) is 0 Å². The van der Waals surface area contributed by atoms with Crippen LogP contribution in [-0.2, 0) is 11.3 Å². The van der Waals surface area contributed by atoms with Gasteiger partial charge in [0, 0.05) is 23.6 Å². The fourth-order valence-corrected chi connectivity index (χ4v) is 2.66. The summed E-state index contributed by atoms with van der Waals surface area (Å²) in [5, 5.41) is 10.2. The number of pyridine rings is 1. The first-order chi connectivity index (χ1) is 9.66. The maximum absolute atomic E-state index is 12.4. The molecule has 0 radical (unpaired) electrons. The van der Waals surface area contributed by atoms with E-state index in [1.807, 2.05) is 0 Å². The molecule has 1 aromatic carbocycles. The van der Waals surface area contributed by atoms with Crippen LogP contribution in [0.3, 0.4) is 0 Å². The summed E-state index contributed by atoms with van der Waals surface area (Å²) in [6, 6.07) is 6.80. The number of hydrogen-bond acceptors (Lipinski definition) is 3. The van der Waals surface area contributed by atoms with Crippen LogP contribution in [-0.4, -0.2) is 28.4 Å². The molecule has 1 aliphatic rings. The Morgan fingerprint density at radius 2 is 2.10 bits per heavy atom. The summed E-state index contributed by atoms with van der Waals surface area (Å²) in [4.78, 5) is 23.8. The highest BCUT2D eigenvalue weighted by molar-refractivity contribution is 6.02. The van der Waals surface area contributed by atoms with Crippen LogP contribution in [0.15, 0.2) is 35.3 Å². The maximum atomic E-state index is 12.4. The molecule has 0 amide bonds. The first-order valence-electron chi connectivity index (χ1n) is 6.64. The molecule has 1 saturated heterocycles. The van der Waals surface area contributed by atoms with Gasteiger partial charge < -0.3 is 14.4 Å². The van der Waals surface area contributed by atoms with Crippen molar-refractivity contribution in [2.75, 3.05) is 6.61 Å². The minimum Gasteiger partial charge on any atom is -0.478 e. The molecule has 0 aliphatic carbocycles. The van der Waals surface area contributed by atoms with Gasteiger partial charge in [0.1, 0.15) is 0 Å². The third kappa shape index (κ3) is 2.20. The van der Waals surface area contributed by atoms with Gasteiger partial charge >= 0.3 is 5.97 Å². The highest BCUT2D eigenvalue weighted by Gasteiger charge is 2.19. The third-order valence-electron chi connectivity index (χ3n) is 3.65. The number of aromatic nitrogens is 1. The summed E-state index contributed by atoms with van der Waals surface area (Å²) in [6.07, 6.45) is 3.31. The average Bonchev–Trinajstić information content (AvgIpc) is 2.94. The molecule has 2 heterocycles. The number of nitrogens with zero attached hydrogens (tertiary/aromatic N) is 1. The Morgan fingerprint density at radius 1 is 1.35 bits per heavy atom. The van der Waals surface area contributed by atoms with Crippen molar-refractivity contribution >= 4 is 16.7 Å². The second-order valence-corrected chi connectivity index (χ2v) is 4.99. The van der Waals surface area contributed by atoms with Gasteiger partial charge in [-0.15, -0.1) is 0 Å². The average molecular weight is 273 g/mol. The first kappa shape index (κ1) is 12.9. The van der Waals surface area contributed by atoms with E-state index in [1.54, 1.807) is 24.3 Å². The van der Waals surface area contributed by atoms with Crippen LogP contribution >= 0.6 is 0 Å². The van der Waals surface area contributed by atoms with Gasteiger partial charge in [0.05, 0.1) is 18.2 Å². The normalized spacial score (nSPS) is 18.5. The molecule has 1 atom stereocenters. The Balaban J connectivity index is 2.14. The van der Waals surface area contributed by atoms with E-state index in [4.69, 9.17) is 4.74 Å². The van der Waals surface area contributed by atoms with E-state index >= 15 is 0 Å². The lowest BCUT2D eigenvalue weighted by Crippen LogP contribution is -2.27. The third-order valence-corrected chi connectivity index (χ3v) is 3.65. The van der Waals surface area contributed by atoms with Crippen molar-refractivity contribution in [3.05, 3.63) is 46.4 Å². The molecule has 1 N–H and O–H groups in total. The summed E-state index contributed by atoms with van der Waals surface area (Å²) < 4.78 is 6.98. The zero-order chi connectivity index (χ0) is 14.1. The van der Waals surface area contributed by atoms with Crippen molar-refractivity contribution in [1.82, 2.24) is 4.57 Å². The van der Waals surface area contributed by atoms with E-state index in [-0.39, 0.29) is 17.2 Å². The number of hydrogen-bond donors (Lipinski definition) is 1. The van der Waals surface area contributed by atoms with Gasteiger partial charge in [-0.25, -0.2) is 4.79 Å². The fourth-order valence-electron chi connectivity index (χ4n) is 2.66. The number of aromatic carboxylic acids is 1. The Labute approximate surface area is 115 Å². The predicted molar refractivity (Wildman–Crippen MR) is 74.1 cm³/mol. The molecule has 1 aromatic heterocycles. The fraction of sp³-hybridized carbons (Fsp3) is 0.333. The molecule has 3 rings (SSSR count). The highest BCUT2D eigenvalue weighted by Crippen LogP contribution is 2.18. The molecule has 104 valence electrons. The minimum absolute atomic E-state index is 0.00416. The second kappa shape index (κ2) is 5.09. The van der Waals surface area contributed by atoms with Gasteiger partial charge in [-0.3, -0.25) is 4.79 Å². The van der Waals surface area contributed by atoms with Crippen molar-refractivity contribution < 1.29 is 14.6 Å². The van der Waals surface area contributed by atoms with Crippen LogP contribution in [0.4, 0.5) is 0 Å². The SMILES string of the molecule is O=C(O)c1cn(CC2CCCO2)c(=O)c2ccccc12. The van der Waals surface area contributed by atoms with Gasteiger partial charge in [-0.1, -0.05) is 18.2 Å². The molecule has 1 unspecified atom stereocenters. The lowest BCUT2D eigenvalue weighted by atomic mass is 10.1. The Hall–Kier alpha value is -2.14. The summed E-state index contributed by atoms with van der Waals surface area (Å²) in [5.41, 5.74) is -0.0145. The van der Waals surface area contributed by atoms with Gasteiger partial charge in [-0.2, -0.15) is 0 Å². The van der Waals surface area contributed by atoms with Crippen LogP contribution in [0.25, 0.3) is 10.8 Å². The number of ether oxygens (including phenoxy) is 1. The molecule has 1 aliphatic heterocycles. The van der Waals surface area contributed by atoms with E-state index in [2.05, 4.69) is 0 Å². The van der Waals surface area contributed by atoms with E-state index in [9.17, 15) is 14.7 Å². The van der Waals surface area contributed by atoms with E-state index in [1.165, 1.54) is 10.8 Å². The smallest absolute Gasteiger partial charge is 0.337 e. The number of carboxylic acids is 1. The van der Waals surface area contributed by atoms with Crippen LogP contribution in [0.5, 0.6) is 0 Å². The van der Waals surface area contributed by atoms with Crippen molar-refractivity contribution in [3.8, 4) is 0 Å². The largest absolute Gasteiger partial charge is 0.478 e. The molecule has 0 bridgehead atoms. The number of fused-ring (bicyclic) bond motifs is 1. The lowest BCUT2D eigenvalue weighted by molar-refractivity contribution is 0.0696. The number of carboxylic acid groups (broad SMARTS) is 1. The number of benzene rings is 1. The number of rotatable bonds is 3. The molecule has 0 saturated carbocycles. The Kier molecular flexibility index (Phi) is 3.28. The number of carbonyl (C=O) groups is 1. The summed E-state index contributed by atoms with van der Waals surface area (Å²) in [7, 11) is 0. The monoisotopic (exact) mass is 273 g/mol. The Bertz CT molecular complexity index is 713. The molecular weight excluding hydrogens is 258 g/mol. The van der Waals surface area contributed by atoms with Crippen molar-refractivity contribution in [1.29, 1.82) is 0 Å². The quantitative estimate of drug-likeness (QED) is 0.927. The van der Waals surface area contributed by atoms with Crippen LogP contribution in [0.1, 0.15) is 23.2 Å². The summed E-state index contributed by atoms with van der Waals surface area (Å²) >= 11 is 0. The van der Waals surface area contributed by atoms with Crippen molar-refractivity contribution in [3.63, 3.8) is 0 Å². The van der Waals surface area contributed by atoms with Gasteiger partial charge in [0.15, 0.2) is 0 Å². The van der Waals surface area contributed by atoms with Gasteiger partial charge in [0.2, 0.25) is 0 Å². The van der Waals surface area contributed by atoms with E-state index in [0.29, 0.717) is 23.9 Å². The van der Waals surface area contributed by atoms with E-state index < -0.39 is 5.97 Å². The van der Waals surface area contributed by atoms with Gasteiger partial charge in [0.25, 0.3) is 5.56 Å². The molecule has 20 heavy (non-hydrogen) atoms. The lowest BCUT2D eigenvalue weighted by Gasteiger charge is -2.14. The zero-order valence-electron chi connectivity index (χ0n) is 10.9. The second-order valence-electron chi connectivity index (χ2n) is 4.99. The zero-order valence-corrected chi connectivity index (χ0v) is 10.9. The van der Waals surface area contributed by atoms with Crippen LogP contribution in [0, 0.1) is 0 Å². The molecule has 5 nitrogen and oxygen atoms in total. The molecule has 5 heteroatoms. The molecule has 1 fully saturated rings.